The molecule has 2 aromatic rings. The van der Waals surface area contributed by atoms with Crippen LogP contribution in [0.15, 0.2) is 23.0 Å². The maximum absolute atomic E-state index is 11.7. The second kappa shape index (κ2) is 4.00. The van der Waals surface area contributed by atoms with Crippen molar-refractivity contribution >= 4 is 10.9 Å². The third kappa shape index (κ3) is 1.69. The summed E-state index contributed by atoms with van der Waals surface area (Å²) < 4.78 is 0. The van der Waals surface area contributed by atoms with Crippen LogP contribution in [0.3, 0.4) is 0 Å². The van der Waals surface area contributed by atoms with Gasteiger partial charge in [0, 0.05) is 5.39 Å². The molecule has 84 valence electrons. The van der Waals surface area contributed by atoms with Gasteiger partial charge in [0.1, 0.15) is 5.75 Å². The summed E-state index contributed by atoms with van der Waals surface area (Å²) in [6, 6.07) is 5.62. The molecule has 1 aromatic carbocycles. The fraction of sp³-hybridized carbons (Fsp3) is 0.308. The predicted molar refractivity (Wildman–Crippen MR) is 65.0 cm³/mol. The van der Waals surface area contributed by atoms with Crippen molar-refractivity contribution in [1.29, 1.82) is 0 Å². The molecular weight excluding hydrogens is 202 g/mol. The molecule has 0 spiro atoms. The fourth-order valence-electron chi connectivity index (χ4n) is 1.91. The number of benzene rings is 1. The number of aromatic hydroxyl groups is 1. The van der Waals surface area contributed by atoms with E-state index in [9.17, 15) is 9.90 Å². The van der Waals surface area contributed by atoms with Crippen molar-refractivity contribution in [3.8, 4) is 5.75 Å². The molecule has 0 atom stereocenters. The maximum Gasteiger partial charge on any atom is 0.255 e. The highest BCUT2D eigenvalue weighted by atomic mass is 16.3. The number of aromatic nitrogens is 1. The van der Waals surface area contributed by atoms with E-state index >= 15 is 0 Å². The van der Waals surface area contributed by atoms with Crippen LogP contribution < -0.4 is 5.56 Å². The molecule has 16 heavy (non-hydrogen) atoms. The van der Waals surface area contributed by atoms with Crippen LogP contribution in [0.2, 0.25) is 0 Å². The van der Waals surface area contributed by atoms with E-state index < -0.39 is 0 Å². The first-order chi connectivity index (χ1) is 7.63. The van der Waals surface area contributed by atoms with E-state index in [4.69, 9.17) is 0 Å². The number of hydrogen-bond donors (Lipinski definition) is 2. The number of nitrogens with one attached hydrogen (secondary N) is 1. The Morgan fingerprint density at radius 3 is 2.81 bits per heavy atom. The molecule has 1 heterocycles. The highest BCUT2D eigenvalue weighted by Gasteiger charge is 2.10. The van der Waals surface area contributed by atoms with Gasteiger partial charge in [-0.15, -0.1) is 0 Å². The molecule has 0 aliphatic carbocycles. The van der Waals surface area contributed by atoms with Gasteiger partial charge in [-0.25, -0.2) is 0 Å². The average molecular weight is 217 g/mol. The minimum absolute atomic E-state index is 0.129. The Balaban J connectivity index is 2.79. The molecule has 0 unspecified atom stereocenters. The van der Waals surface area contributed by atoms with Crippen LogP contribution in [0.4, 0.5) is 0 Å². The first-order valence-electron chi connectivity index (χ1n) is 5.48. The standard InChI is InChI=1S/C13H15NO2/c1-3-4-9-12(15)10-7-8(2)5-6-11(10)14-13(9)16/h5-7H,3-4H2,1-2H3,(H2,14,15,16). The Hall–Kier alpha value is -1.77. The van der Waals surface area contributed by atoms with E-state index in [1.54, 1.807) is 0 Å². The second-order valence-electron chi connectivity index (χ2n) is 4.08. The van der Waals surface area contributed by atoms with E-state index in [0.29, 0.717) is 17.5 Å². The number of hydrogen-bond acceptors (Lipinski definition) is 2. The van der Waals surface area contributed by atoms with Crippen LogP contribution in [-0.4, -0.2) is 10.1 Å². The van der Waals surface area contributed by atoms with Gasteiger partial charge < -0.3 is 10.1 Å². The van der Waals surface area contributed by atoms with Crippen molar-refractivity contribution in [2.45, 2.75) is 26.7 Å². The van der Waals surface area contributed by atoms with Gasteiger partial charge in [-0.1, -0.05) is 25.0 Å². The molecule has 2 N–H and O–H groups in total. The van der Waals surface area contributed by atoms with Crippen molar-refractivity contribution in [3.63, 3.8) is 0 Å². The smallest absolute Gasteiger partial charge is 0.255 e. The lowest BCUT2D eigenvalue weighted by atomic mass is 10.1. The molecule has 0 bridgehead atoms. The van der Waals surface area contributed by atoms with Crippen LogP contribution in [0.5, 0.6) is 5.75 Å². The molecular formula is C13H15NO2. The van der Waals surface area contributed by atoms with Gasteiger partial charge in [0.05, 0.1) is 11.1 Å². The first kappa shape index (κ1) is 10.7. The summed E-state index contributed by atoms with van der Waals surface area (Å²) >= 11 is 0. The van der Waals surface area contributed by atoms with Crippen LogP contribution >= 0.6 is 0 Å². The van der Waals surface area contributed by atoms with Crippen LogP contribution in [0.1, 0.15) is 24.5 Å². The molecule has 0 aliphatic rings. The molecule has 2 rings (SSSR count). The van der Waals surface area contributed by atoms with E-state index in [2.05, 4.69) is 4.98 Å². The quantitative estimate of drug-likeness (QED) is 0.812. The lowest BCUT2D eigenvalue weighted by molar-refractivity contribution is 0.472. The molecule has 0 aliphatic heterocycles. The third-order valence-corrected chi connectivity index (χ3v) is 2.74. The molecule has 0 saturated heterocycles. The minimum atomic E-state index is -0.185. The van der Waals surface area contributed by atoms with Crippen LogP contribution in [-0.2, 0) is 6.42 Å². The van der Waals surface area contributed by atoms with Gasteiger partial charge in [0.25, 0.3) is 5.56 Å². The Bertz CT molecular complexity index is 584. The van der Waals surface area contributed by atoms with E-state index in [1.807, 2.05) is 32.0 Å². The number of rotatable bonds is 2. The van der Waals surface area contributed by atoms with Crippen molar-refractivity contribution in [3.05, 3.63) is 39.7 Å². The molecule has 0 radical (unpaired) electrons. The maximum atomic E-state index is 11.7. The summed E-state index contributed by atoms with van der Waals surface area (Å²) in [6.07, 6.45) is 1.44. The normalized spacial score (nSPS) is 10.9. The van der Waals surface area contributed by atoms with E-state index in [0.717, 1.165) is 17.4 Å². The summed E-state index contributed by atoms with van der Waals surface area (Å²) in [6.45, 7) is 3.95. The lowest BCUT2D eigenvalue weighted by Crippen LogP contribution is -2.12. The monoisotopic (exact) mass is 217 g/mol. The zero-order valence-corrected chi connectivity index (χ0v) is 9.50. The van der Waals surface area contributed by atoms with Crippen molar-refractivity contribution < 1.29 is 5.11 Å². The van der Waals surface area contributed by atoms with Crippen molar-refractivity contribution in [1.82, 2.24) is 4.98 Å². The Labute approximate surface area is 93.7 Å². The van der Waals surface area contributed by atoms with Gasteiger partial charge in [-0.05, 0) is 25.5 Å². The zero-order valence-electron chi connectivity index (χ0n) is 9.50. The average Bonchev–Trinajstić information content (AvgIpc) is 2.26. The number of pyridine rings is 1. The highest BCUT2D eigenvalue weighted by Crippen LogP contribution is 2.26. The van der Waals surface area contributed by atoms with Gasteiger partial charge in [-0.2, -0.15) is 0 Å². The summed E-state index contributed by atoms with van der Waals surface area (Å²) in [5.41, 5.74) is 2.06. The molecule has 0 saturated carbocycles. The topological polar surface area (TPSA) is 53.1 Å². The van der Waals surface area contributed by atoms with Crippen LogP contribution in [0.25, 0.3) is 10.9 Å². The highest BCUT2D eigenvalue weighted by molar-refractivity contribution is 5.86. The SMILES string of the molecule is CCCc1c(O)c2cc(C)ccc2[nH]c1=O. The van der Waals surface area contributed by atoms with Gasteiger partial charge in [-0.3, -0.25) is 4.79 Å². The number of aryl methyl sites for hydroxylation is 1. The summed E-state index contributed by atoms with van der Waals surface area (Å²) in [5.74, 6) is 0.129. The fourth-order valence-corrected chi connectivity index (χ4v) is 1.91. The van der Waals surface area contributed by atoms with Crippen molar-refractivity contribution in [2.24, 2.45) is 0 Å². The van der Waals surface area contributed by atoms with Crippen molar-refractivity contribution in [2.75, 3.05) is 0 Å². The van der Waals surface area contributed by atoms with Gasteiger partial charge in [0.2, 0.25) is 0 Å². The Morgan fingerprint density at radius 1 is 1.38 bits per heavy atom. The lowest BCUT2D eigenvalue weighted by Gasteiger charge is -2.07. The predicted octanol–water partition coefficient (Wildman–Crippen LogP) is 2.49. The minimum Gasteiger partial charge on any atom is -0.507 e. The number of H-pyrrole nitrogens is 1. The second-order valence-corrected chi connectivity index (χ2v) is 4.08. The molecule has 3 nitrogen and oxygen atoms in total. The summed E-state index contributed by atoms with van der Waals surface area (Å²) in [7, 11) is 0. The Kier molecular flexibility index (Phi) is 2.69. The van der Waals surface area contributed by atoms with E-state index in [1.165, 1.54) is 0 Å². The summed E-state index contributed by atoms with van der Waals surface area (Å²) in [5, 5.41) is 10.8. The first-order valence-corrected chi connectivity index (χ1v) is 5.48. The van der Waals surface area contributed by atoms with E-state index in [-0.39, 0.29) is 11.3 Å². The number of aromatic amines is 1. The third-order valence-electron chi connectivity index (χ3n) is 2.74. The molecule has 3 heteroatoms. The van der Waals surface area contributed by atoms with Gasteiger partial charge >= 0.3 is 0 Å². The molecule has 1 aromatic heterocycles. The number of fused-ring (bicyclic) bond motifs is 1. The van der Waals surface area contributed by atoms with Gasteiger partial charge in [0.15, 0.2) is 0 Å². The largest absolute Gasteiger partial charge is 0.507 e. The summed E-state index contributed by atoms with van der Waals surface area (Å²) in [4.78, 5) is 14.5. The molecule has 0 fully saturated rings. The van der Waals surface area contributed by atoms with Crippen LogP contribution in [0, 0.1) is 6.92 Å². The molecule has 0 amide bonds. The Morgan fingerprint density at radius 2 is 2.12 bits per heavy atom. The zero-order chi connectivity index (χ0) is 11.7.